The van der Waals surface area contributed by atoms with Gasteiger partial charge in [0.1, 0.15) is 18.1 Å². The van der Waals surface area contributed by atoms with Crippen LogP contribution in [0.1, 0.15) is 11.1 Å². The molecule has 0 aliphatic carbocycles. The van der Waals surface area contributed by atoms with Crippen molar-refractivity contribution in [3.63, 3.8) is 0 Å². The molecule has 19 heavy (non-hydrogen) atoms. The lowest BCUT2D eigenvalue weighted by atomic mass is 10.1. The average molecular weight is 260 g/mol. The number of ether oxygens (including phenoxy) is 1. The van der Waals surface area contributed by atoms with Crippen LogP contribution in [0.15, 0.2) is 48.5 Å². The molecule has 0 radical (unpaired) electrons. The van der Waals surface area contributed by atoms with Crippen LogP contribution in [0.5, 0.6) is 5.75 Å². The van der Waals surface area contributed by atoms with E-state index in [4.69, 9.17) is 4.74 Å². The van der Waals surface area contributed by atoms with Gasteiger partial charge in [-0.2, -0.15) is 0 Å². The first-order chi connectivity index (χ1) is 9.29. The fraction of sp³-hybridized carbons (Fsp3) is 0.250. The third-order valence-electron chi connectivity index (χ3n) is 3.10. The Morgan fingerprint density at radius 1 is 1.05 bits per heavy atom. The van der Waals surface area contributed by atoms with Crippen molar-refractivity contribution in [2.75, 3.05) is 13.7 Å². The van der Waals surface area contributed by atoms with E-state index >= 15 is 0 Å². The molecule has 0 bridgehead atoms. The highest BCUT2D eigenvalue weighted by molar-refractivity contribution is 5.33. The van der Waals surface area contributed by atoms with E-state index < -0.39 is 0 Å². The fourth-order valence-electron chi connectivity index (χ4n) is 2.06. The first-order valence-corrected chi connectivity index (χ1v) is 6.47. The number of benzene rings is 2. The van der Waals surface area contributed by atoms with E-state index in [0.717, 1.165) is 30.8 Å². The van der Waals surface area contributed by atoms with Gasteiger partial charge < -0.3 is 10.1 Å². The molecule has 2 rings (SSSR count). The Kier molecular flexibility index (Phi) is 4.93. The molecule has 0 aromatic heterocycles. The average Bonchev–Trinajstić information content (AvgIpc) is 2.46. The number of rotatable bonds is 6. The second kappa shape index (κ2) is 6.90. The Labute approximate surface area is 113 Å². The van der Waals surface area contributed by atoms with Gasteiger partial charge in [-0.1, -0.05) is 30.3 Å². The van der Waals surface area contributed by atoms with Crippen LogP contribution in [0.25, 0.3) is 0 Å². The number of para-hydroxylation sites is 1. The van der Waals surface area contributed by atoms with Crippen LogP contribution in [-0.2, 0) is 13.0 Å². The van der Waals surface area contributed by atoms with Gasteiger partial charge in [0, 0.05) is 12.0 Å². The van der Waals surface area contributed by atoms with Crippen molar-refractivity contribution in [1.29, 1.82) is 0 Å². The largest absolute Gasteiger partial charge is 0.496 e. The summed E-state index contributed by atoms with van der Waals surface area (Å²) in [7, 11) is 1.70. The van der Waals surface area contributed by atoms with E-state index in [0.29, 0.717) is 0 Å². The summed E-state index contributed by atoms with van der Waals surface area (Å²) in [5.41, 5.74) is 2.36. The van der Waals surface area contributed by atoms with Crippen LogP contribution in [0.3, 0.4) is 0 Å². The normalized spacial score (nSPS) is 10.4. The molecule has 0 fully saturated rings. The Hall–Kier alpha value is -1.87. The van der Waals surface area contributed by atoms with Crippen molar-refractivity contribution in [3.8, 4) is 5.75 Å². The minimum Gasteiger partial charge on any atom is -0.496 e. The zero-order valence-corrected chi connectivity index (χ0v) is 11.1. The number of nitrogens with two attached hydrogens (primary N) is 1. The highest BCUT2D eigenvalue weighted by Gasteiger charge is 2.02. The second-order valence-electron chi connectivity index (χ2n) is 4.47. The van der Waals surface area contributed by atoms with Crippen molar-refractivity contribution >= 4 is 0 Å². The lowest BCUT2D eigenvalue weighted by Gasteiger charge is -2.07. The molecule has 0 heterocycles. The lowest BCUT2D eigenvalue weighted by molar-refractivity contribution is -0.670. The lowest BCUT2D eigenvalue weighted by Crippen LogP contribution is -2.83. The van der Waals surface area contributed by atoms with Crippen LogP contribution >= 0.6 is 0 Å². The van der Waals surface area contributed by atoms with Crippen molar-refractivity contribution in [3.05, 3.63) is 65.5 Å². The number of quaternary nitrogens is 1. The molecule has 100 valence electrons. The first-order valence-electron chi connectivity index (χ1n) is 6.47. The molecule has 0 saturated heterocycles. The third-order valence-corrected chi connectivity index (χ3v) is 3.10. The Morgan fingerprint density at radius 3 is 2.53 bits per heavy atom. The van der Waals surface area contributed by atoms with E-state index in [2.05, 4.69) is 11.4 Å². The molecule has 0 aliphatic heterocycles. The maximum absolute atomic E-state index is 12.8. The molecule has 2 aromatic carbocycles. The second-order valence-corrected chi connectivity index (χ2v) is 4.47. The minimum atomic E-state index is -0.183. The predicted molar refractivity (Wildman–Crippen MR) is 73.6 cm³/mol. The van der Waals surface area contributed by atoms with Gasteiger partial charge in [-0.25, -0.2) is 4.39 Å². The molecule has 0 aliphatic rings. The molecule has 2 N–H and O–H groups in total. The van der Waals surface area contributed by atoms with E-state index in [1.54, 1.807) is 7.11 Å². The van der Waals surface area contributed by atoms with Crippen LogP contribution in [0.4, 0.5) is 4.39 Å². The SMILES string of the molecule is COc1ccccc1CC[NH2+]Cc1ccc(F)cc1. The topological polar surface area (TPSA) is 25.8 Å². The van der Waals surface area contributed by atoms with E-state index in [1.807, 2.05) is 30.3 Å². The van der Waals surface area contributed by atoms with Crippen molar-refractivity contribution in [2.45, 2.75) is 13.0 Å². The highest BCUT2D eigenvalue weighted by Crippen LogP contribution is 2.16. The summed E-state index contributed by atoms with van der Waals surface area (Å²) in [5, 5.41) is 2.22. The molecule has 3 heteroatoms. The van der Waals surface area contributed by atoms with Gasteiger partial charge in [-0.3, -0.25) is 0 Å². The monoisotopic (exact) mass is 260 g/mol. The summed E-state index contributed by atoms with van der Waals surface area (Å²) in [5.74, 6) is 0.760. The quantitative estimate of drug-likeness (QED) is 0.791. The van der Waals surface area contributed by atoms with Crippen molar-refractivity contribution in [2.24, 2.45) is 0 Å². The predicted octanol–water partition coefficient (Wildman–Crippen LogP) is 2.14. The molecule has 2 nitrogen and oxygen atoms in total. The zero-order chi connectivity index (χ0) is 13.5. The van der Waals surface area contributed by atoms with Gasteiger partial charge in [0.15, 0.2) is 0 Å². The molecule has 0 atom stereocenters. The van der Waals surface area contributed by atoms with Gasteiger partial charge in [0.2, 0.25) is 0 Å². The van der Waals surface area contributed by atoms with Crippen LogP contribution in [-0.4, -0.2) is 13.7 Å². The van der Waals surface area contributed by atoms with E-state index in [9.17, 15) is 4.39 Å². The van der Waals surface area contributed by atoms with Gasteiger partial charge >= 0.3 is 0 Å². The summed E-state index contributed by atoms with van der Waals surface area (Å²) in [4.78, 5) is 0. The van der Waals surface area contributed by atoms with Gasteiger partial charge in [-0.15, -0.1) is 0 Å². The number of methoxy groups -OCH3 is 1. The van der Waals surface area contributed by atoms with Crippen molar-refractivity contribution < 1.29 is 14.4 Å². The molecule has 0 saturated carbocycles. The summed E-state index contributed by atoms with van der Waals surface area (Å²) < 4.78 is 18.1. The first kappa shape index (κ1) is 13.6. The molecule has 2 aromatic rings. The molecule has 0 spiro atoms. The summed E-state index contributed by atoms with van der Waals surface area (Å²) >= 11 is 0. The molecular formula is C16H19FNO+. The van der Waals surface area contributed by atoms with Crippen LogP contribution in [0, 0.1) is 5.82 Å². The highest BCUT2D eigenvalue weighted by atomic mass is 19.1. The van der Waals surface area contributed by atoms with Gasteiger partial charge in [-0.05, 0) is 23.8 Å². The number of hydrogen-bond donors (Lipinski definition) is 1. The van der Waals surface area contributed by atoms with Crippen LogP contribution < -0.4 is 10.1 Å². The molecular weight excluding hydrogens is 241 g/mol. The number of halogens is 1. The fourth-order valence-corrected chi connectivity index (χ4v) is 2.06. The molecule has 0 unspecified atom stereocenters. The van der Waals surface area contributed by atoms with Gasteiger partial charge in [0.25, 0.3) is 0 Å². The Bertz CT molecular complexity index is 510. The smallest absolute Gasteiger partial charge is 0.123 e. The van der Waals surface area contributed by atoms with Gasteiger partial charge in [0.05, 0.1) is 13.7 Å². The Morgan fingerprint density at radius 2 is 1.79 bits per heavy atom. The van der Waals surface area contributed by atoms with Crippen molar-refractivity contribution in [1.82, 2.24) is 0 Å². The van der Waals surface area contributed by atoms with Crippen LogP contribution in [0.2, 0.25) is 0 Å². The third kappa shape index (κ3) is 4.07. The minimum absolute atomic E-state index is 0.183. The number of hydrogen-bond acceptors (Lipinski definition) is 1. The molecule has 0 amide bonds. The summed E-state index contributed by atoms with van der Waals surface area (Å²) in [6, 6.07) is 14.7. The maximum Gasteiger partial charge on any atom is 0.123 e. The summed E-state index contributed by atoms with van der Waals surface area (Å²) in [6.07, 6.45) is 0.964. The standard InChI is InChI=1S/C16H18FNO/c1-19-16-5-3-2-4-14(16)10-11-18-12-13-6-8-15(17)9-7-13/h2-9,18H,10-12H2,1H3/p+1. The summed E-state index contributed by atoms with van der Waals surface area (Å²) in [6.45, 7) is 1.85. The maximum atomic E-state index is 12.8. The van der Waals surface area contributed by atoms with E-state index in [1.165, 1.54) is 17.7 Å². The zero-order valence-electron chi connectivity index (χ0n) is 11.1. The Balaban J connectivity index is 1.79. The van der Waals surface area contributed by atoms with E-state index in [-0.39, 0.29) is 5.82 Å².